The largest absolute Gasteiger partial charge is 0.416 e. The van der Waals surface area contributed by atoms with Crippen LogP contribution in [-0.2, 0) is 6.18 Å². The molecule has 0 bridgehead atoms. The van der Waals surface area contributed by atoms with Crippen LogP contribution in [0.2, 0.25) is 10.0 Å². The zero-order chi connectivity index (χ0) is 20.8. The van der Waals surface area contributed by atoms with Gasteiger partial charge < -0.3 is 9.42 Å². The van der Waals surface area contributed by atoms with Gasteiger partial charge in [0.1, 0.15) is 0 Å². The highest BCUT2D eigenvalue weighted by Gasteiger charge is 2.37. The lowest BCUT2D eigenvalue weighted by atomic mass is 9.98. The van der Waals surface area contributed by atoms with Crippen molar-refractivity contribution in [2.45, 2.75) is 12.1 Å². The van der Waals surface area contributed by atoms with Gasteiger partial charge in [0.2, 0.25) is 11.7 Å². The Morgan fingerprint density at radius 1 is 1.14 bits per heavy atom. The minimum atomic E-state index is -4.46. The topological polar surface area (TPSA) is 59.2 Å². The zero-order valence-electron chi connectivity index (χ0n) is 14.6. The number of nitrogens with zero attached hydrogens (tertiary/aromatic N) is 3. The molecule has 0 unspecified atom stereocenters. The molecule has 4 rings (SSSR count). The number of benzene rings is 2. The molecule has 0 aliphatic carbocycles. The van der Waals surface area contributed by atoms with Crippen molar-refractivity contribution in [3.05, 3.63) is 69.5 Å². The summed E-state index contributed by atoms with van der Waals surface area (Å²) in [5.41, 5.74) is -0.249. The first-order chi connectivity index (χ1) is 13.7. The second kappa shape index (κ2) is 7.35. The third kappa shape index (κ3) is 3.95. The van der Waals surface area contributed by atoms with Crippen molar-refractivity contribution < 1.29 is 22.5 Å². The highest BCUT2D eigenvalue weighted by atomic mass is 35.5. The molecular formula is C19H12Cl2F3N3O2. The second-order valence-corrected chi connectivity index (χ2v) is 7.41. The van der Waals surface area contributed by atoms with Crippen molar-refractivity contribution in [2.24, 2.45) is 0 Å². The van der Waals surface area contributed by atoms with Gasteiger partial charge in [0.25, 0.3) is 5.91 Å². The summed E-state index contributed by atoms with van der Waals surface area (Å²) in [6, 6.07) is 9.33. The van der Waals surface area contributed by atoms with E-state index in [0.717, 1.165) is 12.1 Å². The third-order valence-corrected chi connectivity index (χ3v) is 5.12. The summed E-state index contributed by atoms with van der Waals surface area (Å²) in [5.74, 6) is -0.113. The van der Waals surface area contributed by atoms with Gasteiger partial charge in [0.05, 0.1) is 22.1 Å². The van der Waals surface area contributed by atoms with Crippen molar-refractivity contribution in [3.63, 3.8) is 0 Å². The van der Waals surface area contributed by atoms with E-state index >= 15 is 0 Å². The van der Waals surface area contributed by atoms with Crippen LogP contribution in [0.25, 0.3) is 11.4 Å². The fourth-order valence-electron chi connectivity index (χ4n) is 2.99. The van der Waals surface area contributed by atoms with E-state index in [2.05, 4.69) is 10.1 Å². The SMILES string of the molecule is O=C(c1ccc(Cl)cc1Cl)N1CC(c2nc(-c3cccc(C(F)(F)F)c3)no2)C1. The van der Waals surface area contributed by atoms with Gasteiger partial charge in [-0.05, 0) is 30.3 Å². The molecule has 2 heterocycles. The molecule has 0 atom stereocenters. The van der Waals surface area contributed by atoms with E-state index in [4.69, 9.17) is 27.7 Å². The van der Waals surface area contributed by atoms with E-state index < -0.39 is 11.7 Å². The van der Waals surface area contributed by atoms with E-state index in [1.165, 1.54) is 18.2 Å². The van der Waals surface area contributed by atoms with Crippen LogP contribution in [-0.4, -0.2) is 34.0 Å². The number of amides is 1. The van der Waals surface area contributed by atoms with Crippen molar-refractivity contribution in [2.75, 3.05) is 13.1 Å². The summed E-state index contributed by atoms with van der Waals surface area (Å²) in [5, 5.41) is 4.46. The Kier molecular flexibility index (Phi) is 5.00. The number of hydrogen-bond acceptors (Lipinski definition) is 4. The van der Waals surface area contributed by atoms with Gasteiger partial charge >= 0.3 is 6.18 Å². The van der Waals surface area contributed by atoms with Crippen LogP contribution in [0, 0.1) is 0 Å². The molecule has 1 aromatic heterocycles. The molecule has 3 aromatic rings. The predicted octanol–water partition coefficient (Wildman–Crippen LogP) is 5.30. The number of alkyl halides is 3. The summed E-state index contributed by atoms with van der Waals surface area (Å²) in [7, 11) is 0. The lowest BCUT2D eigenvalue weighted by molar-refractivity contribution is -0.137. The molecule has 0 N–H and O–H groups in total. The van der Waals surface area contributed by atoms with Gasteiger partial charge in [-0.15, -0.1) is 0 Å². The number of likely N-dealkylation sites (tertiary alicyclic amines) is 1. The number of halogens is 5. The Morgan fingerprint density at radius 2 is 1.90 bits per heavy atom. The lowest BCUT2D eigenvalue weighted by Gasteiger charge is -2.37. The molecule has 2 aromatic carbocycles. The molecule has 1 amide bonds. The number of aromatic nitrogens is 2. The Hall–Kier alpha value is -2.58. The first kappa shape index (κ1) is 19.7. The molecule has 10 heteroatoms. The highest BCUT2D eigenvalue weighted by molar-refractivity contribution is 6.36. The van der Waals surface area contributed by atoms with Gasteiger partial charge in [0.15, 0.2) is 0 Å². The Balaban J connectivity index is 1.45. The highest BCUT2D eigenvalue weighted by Crippen LogP contribution is 2.33. The van der Waals surface area contributed by atoms with Gasteiger partial charge in [0, 0.05) is 23.7 Å². The van der Waals surface area contributed by atoms with Crippen LogP contribution in [0.1, 0.15) is 27.7 Å². The average molecular weight is 442 g/mol. The molecule has 0 radical (unpaired) electrons. The molecule has 5 nitrogen and oxygen atoms in total. The molecule has 29 heavy (non-hydrogen) atoms. The lowest BCUT2D eigenvalue weighted by Crippen LogP contribution is -2.48. The molecular weight excluding hydrogens is 430 g/mol. The molecule has 1 saturated heterocycles. The number of hydrogen-bond donors (Lipinski definition) is 0. The number of rotatable bonds is 3. The van der Waals surface area contributed by atoms with Crippen LogP contribution in [0.5, 0.6) is 0 Å². The molecule has 1 aliphatic heterocycles. The maximum atomic E-state index is 12.9. The van der Waals surface area contributed by atoms with Crippen molar-refractivity contribution in [3.8, 4) is 11.4 Å². The number of carbonyl (C=O) groups excluding carboxylic acids is 1. The van der Waals surface area contributed by atoms with E-state index in [-0.39, 0.29) is 34.1 Å². The normalized spacial score (nSPS) is 14.7. The van der Waals surface area contributed by atoms with Gasteiger partial charge in [-0.2, -0.15) is 18.2 Å². The molecule has 150 valence electrons. The number of carbonyl (C=O) groups is 1. The van der Waals surface area contributed by atoms with E-state index in [0.29, 0.717) is 23.7 Å². The van der Waals surface area contributed by atoms with Crippen molar-refractivity contribution >= 4 is 29.1 Å². The average Bonchev–Trinajstić information content (AvgIpc) is 3.09. The Labute approximate surface area is 173 Å². The zero-order valence-corrected chi connectivity index (χ0v) is 16.1. The standard InChI is InChI=1S/C19H12Cl2F3N3O2/c20-13-4-5-14(15(21)7-13)18(28)27-8-11(9-27)17-25-16(26-29-17)10-2-1-3-12(6-10)19(22,23)24/h1-7,11H,8-9H2. The van der Waals surface area contributed by atoms with Crippen LogP contribution < -0.4 is 0 Å². The van der Waals surface area contributed by atoms with Gasteiger partial charge in [-0.25, -0.2) is 0 Å². The molecule has 0 saturated carbocycles. The monoisotopic (exact) mass is 441 g/mol. The predicted molar refractivity (Wildman–Crippen MR) is 99.8 cm³/mol. The molecule has 1 fully saturated rings. The Morgan fingerprint density at radius 3 is 2.59 bits per heavy atom. The fraction of sp³-hybridized carbons (Fsp3) is 0.211. The quantitative estimate of drug-likeness (QED) is 0.553. The summed E-state index contributed by atoms with van der Waals surface area (Å²) in [4.78, 5) is 18.3. The van der Waals surface area contributed by atoms with Crippen LogP contribution in [0.3, 0.4) is 0 Å². The van der Waals surface area contributed by atoms with Crippen LogP contribution in [0.4, 0.5) is 13.2 Å². The van der Waals surface area contributed by atoms with Crippen molar-refractivity contribution in [1.82, 2.24) is 15.0 Å². The third-order valence-electron chi connectivity index (χ3n) is 4.57. The van der Waals surface area contributed by atoms with E-state index in [9.17, 15) is 18.0 Å². The minimum Gasteiger partial charge on any atom is -0.339 e. The van der Waals surface area contributed by atoms with Gasteiger partial charge in [-0.1, -0.05) is 40.5 Å². The molecule has 1 aliphatic rings. The van der Waals surface area contributed by atoms with E-state index in [1.54, 1.807) is 17.0 Å². The second-order valence-electron chi connectivity index (χ2n) is 6.57. The Bertz CT molecular complexity index is 1080. The summed E-state index contributed by atoms with van der Waals surface area (Å²) in [6.07, 6.45) is -4.46. The summed E-state index contributed by atoms with van der Waals surface area (Å²) >= 11 is 11.9. The first-order valence-electron chi connectivity index (χ1n) is 8.48. The van der Waals surface area contributed by atoms with Crippen LogP contribution in [0.15, 0.2) is 47.0 Å². The van der Waals surface area contributed by atoms with Crippen molar-refractivity contribution in [1.29, 1.82) is 0 Å². The maximum Gasteiger partial charge on any atom is 0.416 e. The maximum absolute atomic E-state index is 12.9. The van der Waals surface area contributed by atoms with Gasteiger partial charge in [-0.3, -0.25) is 4.79 Å². The summed E-state index contributed by atoms with van der Waals surface area (Å²) in [6.45, 7) is 0.671. The summed E-state index contributed by atoms with van der Waals surface area (Å²) < 4.78 is 43.8. The van der Waals surface area contributed by atoms with E-state index in [1.807, 2.05) is 0 Å². The fourth-order valence-corrected chi connectivity index (χ4v) is 3.48. The smallest absolute Gasteiger partial charge is 0.339 e. The van der Waals surface area contributed by atoms with Crippen LogP contribution >= 0.6 is 23.2 Å². The first-order valence-corrected chi connectivity index (χ1v) is 9.23. The molecule has 0 spiro atoms. The minimum absolute atomic E-state index is 0.0663.